The molecule has 0 amide bonds. The Hall–Kier alpha value is -2.21. The number of hydrogen-bond acceptors (Lipinski definition) is 5. The molecule has 5 nitrogen and oxygen atoms in total. The monoisotopic (exact) mass is 340 g/mol. The third-order valence-electron chi connectivity index (χ3n) is 4.72. The van der Waals surface area contributed by atoms with E-state index >= 15 is 0 Å². The average Bonchev–Trinajstić information content (AvgIpc) is 3.17. The summed E-state index contributed by atoms with van der Waals surface area (Å²) in [4.78, 5) is 11.6. The highest BCUT2D eigenvalue weighted by molar-refractivity contribution is 5.73. The van der Waals surface area contributed by atoms with Crippen molar-refractivity contribution in [2.75, 3.05) is 0 Å². The van der Waals surface area contributed by atoms with E-state index in [9.17, 15) is 9.90 Å². The number of hydrogen-bond donors (Lipinski definition) is 1. The Kier molecular flexibility index (Phi) is 4.53. The molecule has 2 aliphatic heterocycles. The van der Waals surface area contributed by atoms with Gasteiger partial charge in [0, 0.05) is 0 Å². The lowest BCUT2D eigenvalue weighted by Gasteiger charge is -2.26. The molecule has 0 saturated carbocycles. The zero-order chi connectivity index (χ0) is 17.2. The molecular formula is C20H20O5. The maximum atomic E-state index is 11.6. The van der Waals surface area contributed by atoms with E-state index in [0.29, 0.717) is 6.61 Å². The highest BCUT2D eigenvalue weighted by Crippen LogP contribution is 2.39. The Morgan fingerprint density at radius 2 is 1.76 bits per heavy atom. The Bertz CT molecular complexity index is 717. The van der Waals surface area contributed by atoms with Gasteiger partial charge in [-0.05, 0) is 11.1 Å². The van der Waals surface area contributed by atoms with Crippen LogP contribution < -0.4 is 0 Å². The summed E-state index contributed by atoms with van der Waals surface area (Å²) in [6.45, 7) is 0.369. The van der Waals surface area contributed by atoms with Crippen LogP contribution in [0.25, 0.3) is 0 Å². The fraction of sp³-hybridized carbons (Fsp3) is 0.350. The minimum atomic E-state index is -0.841. The highest BCUT2D eigenvalue weighted by Gasteiger charge is 2.54. The van der Waals surface area contributed by atoms with E-state index in [1.165, 1.54) is 0 Å². The fourth-order valence-corrected chi connectivity index (χ4v) is 3.48. The van der Waals surface area contributed by atoms with Crippen molar-refractivity contribution >= 4 is 5.97 Å². The molecule has 0 aliphatic carbocycles. The lowest BCUT2D eigenvalue weighted by atomic mass is 9.98. The number of benzene rings is 2. The van der Waals surface area contributed by atoms with Crippen LogP contribution in [0.5, 0.6) is 0 Å². The molecule has 0 aromatic heterocycles. The van der Waals surface area contributed by atoms with Crippen LogP contribution in [0.3, 0.4) is 0 Å². The standard InChI is InChI=1S/C20H20O5/c21-16-11-15-18(25-16)20(23-12-13-7-3-1-4-8-13)19(24-15)17(22)14-9-5-2-6-10-14/h1-10,15,17-20,22H,11-12H2/t15-,17+,18+,19?,20-/m1/s1. The van der Waals surface area contributed by atoms with E-state index < -0.39 is 24.4 Å². The maximum absolute atomic E-state index is 11.6. The van der Waals surface area contributed by atoms with Crippen molar-refractivity contribution in [3.05, 3.63) is 71.8 Å². The van der Waals surface area contributed by atoms with Crippen LogP contribution in [0.15, 0.2) is 60.7 Å². The van der Waals surface area contributed by atoms with Crippen molar-refractivity contribution in [1.29, 1.82) is 0 Å². The third-order valence-corrected chi connectivity index (χ3v) is 4.72. The molecule has 25 heavy (non-hydrogen) atoms. The number of carbonyl (C=O) groups excluding carboxylic acids is 1. The summed E-state index contributed by atoms with van der Waals surface area (Å²) >= 11 is 0. The van der Waals surface area contributed by atoms with Gasteiger partial charge in [-0.1, -0.05) is 60.7 Å². The molecule has 1 unspecified atom stereocenters. The Balaban J connectivity index is 1.53. The highest BCUT2D eigenvalue weighted by atomic mass is 16.6. The van der Waals surface area contributed by atoms with Gasteiger partial charge in [-0.3, -0.25) is 4.79 Å². The van der Waals surface area contributed by atoms with Crippen molar-refractivity contribution in [1.82, 2.24) is 0 Å². The van der Waals surface area contributed by atoms with Crippen LogP contribution in [0, 0.1) is 0 Å². The number of carbonyl (C=O) groups is 1. The molecule has 130 valence electrons. The quantitative estimate of drug-likeness (QED) is 0.847. The molecule has 2 heterocycles. The van der Waals surface area contributed by atoms with Gasteiger partial charge in [0.15, 0.2) is 6.10 Å². The first-order valence-corrected chi connectivity index (χ1v) is 8.46. The van der Waals surface area contributed by atoms with E-state index in [0.717, 1.165) is 11.1 Å². The van der Waals surface area contributed by atoms with E-state index in [4.69, 9.17) is 14.2 Å². The Morgan fingerprint density at radius 1 is 1.08 bits per heavy atom. The van der Waals surface area contributed by atoms with Gasteiger partial charge in [-0.15, -0.1) is 0 Å². The molecule has 2 fully saturated rings. The van der Waals surface area contributed by atoms with Crippen LogP contribution in [-0.2, 0) is 25.6 Å². The molecule has 2 aromatic rings. The first kappa shape index (κ1) is 16.3. The van der Waals surface area contributed by atoms with Crippen LogP contribution in [-0.4, -0.2) is 35.5 Å². The van der Waals surface area contributed by atoms with Gasteiger partial charge in [0.25, 0.3) is 0 Å². The predicted molar refractivity (Wildman–Crippen MR) is 89.6 cm³/mol. The number of fused-ring (bicyclic) bond motifs is 1. The maximum Gasteiger partial charge on any atom is 0.309 e. The number of aliphatic hydroxyl groups excluding tert-OH is 1. The van der Waals surface area contributed by atoms with Crippen molar-refractivity contribution in [3.8, 4) is 0 Å². The van der Waals surface area contributed by atoms with E-state index in [1.807, 2.05) is 60.7 Å². The van der Waals surface area contributed by atoms with Crippen LogP contribution in [0.4, 0.5) is 0 Å². The topological polar surface area (TPSA) is 65.0 Å². The van der Waals surface area contributed by atoms with E-state index in [1.54, 1.807) is 0 Å². The number of ether oxygens (including phenoxy) is 3. The first-order chi connectivity index (χ1) is 12.2. The van der Waals surface area contributed by atoms with Gasteiger partial charge < -0.3 is 19.3 Å². The molecule has 5 heteroatoms. The fourth-order valence-electron chi connectivity index (χ4n) is 3.48. The minimum absolute atomic E-state index is 0.202. The van der Waals surface area contributed by atoms with Gasteiger partial charge in [0.1, 0.15) is 24.4 Å². The molecule has 0 radical (unpaired) electrons. The molecule has 2 aliphatic rings. The minimum Gasteiger partial charge on any atom is -0.457 e. The molecule has 0 bridgehead atoms. The number of esters is 1. The molecule has 1 N–H and O–H groups in total. The normalized spacial score (nSPS) is 29.2. The smallest absolute Gasteiger partial charge is 0.309 e. The second kappa shape index (κ2) is 6.96. The summed E-state index contributed by atoms with van der Waals surface area (Å²) < 4.78 is 17.4. The lowest BCUT2D eigenvalue weighted by Crippen LogP contribution is -2.38. The zero-order valence-electron chi connectivity index (χ0n) is 13.7. The Labute approximate surface area is 146 Å². The molecule has 5 atom stereocenters. The van der Waals surface area contributed by atoms with Crippen LogP contribution >= 0.6 is 0 Å². The largest absolute Gasteiger partial charge is 0.457 e. The summed E-state index contributed by atoms with van der Waals surface area (Å²) in [5.41, 5.74) is 1.77. The van der Waals surface area contributed by atoms with Gasteiger partial charge in [-0.2, -0.15) is 0 Å². The van der Waals surface area contributed by atoms with Crippen molar-refractivity contribution in [2.24, 2.45) is 0 Å². The Morgan fingerprint density at radius 3 is 2.48 bits per heavy atom. The molecule has 2 saturated heterocycles. The second-order valence-electron chi connectivity index (χ2n) is 6.41. The lowest BCUT2D eigenvalue weighted by molar-refractivity contribution is -0.151. The number of rotatable bonds is 5. The SMILES string of the molecule is O=C1C[C@H]2OC([C@@H](O)c3ccccc3)[C@H](OCc3ccccc3)[C@H]2O1. The van der Waals surface area contributed by atoms with E-state index in [2.05, 4.69) is 0 Å². The predicted octanol–water partition coefficient (Wildman–Crippen LogP) is 2.39. The average molecular weight is 340 g/mol. The molecule has 0 spiro atoms. The summed E-state index contributed by atoms with van der Waals surface area (Å²) in [6.07, 6.45) is -2.56. The summed E-state index contributed by atoms with van der Waals surface area (Å²) in [5.74, 6) is -0.282. The van der Waals surface area contributed by atoms with Gasteiger partial charge >= 0.3 is 5.97 Å². The molecular weight excluding hydrogens is 320 g/mol. The van der Waals surface area contributed by atoms with Crippen molar-refractivity contribution < 1.29 is 24.1 Å². The second-order valence-corrected chi connectivity index (χ2v) is 6.41. The molecule has 2 aromatic carbocycles. The molecule has 4 rings (SSSR count). The third kappa shape index (κ3) is 3.31. The first-order valence-electron chi connectivity index (χ1n) is 8.46. The van der Waals surface area contributed by atoms with Gasteiger partial charge in [0.05, 0.1) is 13.0 Å². The van der Waals surface area contributed by atoms with Crippen LogP contribution in [0.1, 0.15) is 23.7 Å². The van der Waals surface area contributed by atoms with Gasteiger partial charge in [-0.25, -0.2) is 0 Å². The van der Waals surface area contributed by atoms with Gasteiger partial charge in [0.2, 0.25) is 0 Å². The van der Waals surface area contributed by atoms with Crippen molar-refractivity contribution in [3.63, 3.8) is 0 Å². The summed E-state index contributed by atoms with van der Waals surface area (Å²) in [7, 11) is 0. The zero-order valence-corrected chi connectivity index (χ0v) is 13.7. The van der Waals surface area contributed by atoms with Crippen molar-refractivity contribution in [2.45, 2.75) is 43.5 Å². The van der Waals surface area contributed by atoms with E-state index in [-0.39, 0.29) is 18.5 Å². The number of aliphatic hydroxyl groups is 1. The summed E-state index contributed by atoms with van der Waals surface area (Å²) in [5, 5.41) is 10.8. The van der Waals surface area contributed by atoms with Crippen LogP contribution in [0.2, 0.25) is 0 Å². The summed E-state index contributed by atoms with van der Waals surface area (Å²) in [6, 6.07) is 19.1.